The van der Waals surface area contributed by atoms with Crippen LogP contribution in [0, 0.1) is 0 Å². The topological polar surface area (TPSA) is 93.1 Å². The Kier molecular flexibility index (Phi) is 11.2. The van der Waals surface area contributed by atoms with E-state index in [1.54, 1.807) is 31.2 Å². The molecule has 0 saturated carbocycles. The van der Waals surface area contributed by atoms with Gasteiger partial charge in [-0.1, -0.05) is 23.7 Å². The molecule has 1 aromatic heterocycles. The van der Waals surface area contributed by atoms with Crippen LogP contribution in [0.2, 0.25) is 5.02 Å². The number of Topliss-reactive ketones (excluding diaryl/α,β-unsaturated/α-hetero) is 1. The monoisotopic (exact) mass is 605 g/mol. The van der Waals surface area contributed by atoms with E-state index >= 15 is 0 Å². The molecule has 0 aliphatic heterocycles. The first-order valence-electron chi connectivity index (χ1n) is 13.3. The zero-order valence-corrected chi connectivity index (χ0v) is 24.9. The minimum absolute atomic E-state index is 0.0273. The van der Waals surface area contributed by atoms with Gasteiger partial charge in [0.2, 0.25) is 0 Å². The molecule has 0 aliphatic rings. The molecular formula is C31H34ClF2NO7. The van der Waals surface area contributed by atoms with Gasteiger partial charge in [-0.2, -0.15) is 8.78 Å². The molecule has 0 spiro atoms. The molecule has 3 aromatic rings. The molecule has 0 N–H and O–H groups in total. The van der Waals surface area contributed by atoms with Crippen molar-refractivity contribution < 1.29 is 37.3 Å². The number of hydrogen-bond acceptors (Lipinski definition) is 7. The Labute approximate surface area is 248 Å². The average molecular weight is 606 g/mol. The van der Waals surface area contributed by atoms with Crippen molar-refractivity contribution in [2.75, 3.05) is 20.3 Å². The Morgan fingerprint density at radius 1 is 1.00 bits per heavy atom. The van der Waals surface area contributed by atoms with Gasteiger partial charge < -0.3 is 23.5 Å². The van der Waals surface area contributed by atoms with Gasteiger partial charge in [-0.05, 0) is 70.0 Å². The summed E-state index contributed by atoms with van der Waals surface area (Å²) in [5.41, 5.74) is 0.250. The first-order valence-corrected chi connectivity index (χ1v) is 13.7. The third-order valence-corrected chi connectivity index (χ3v) is 6.42. The molecule has 1 atom stereocenters. The average Bonchev–Trinajstić information content (AvgIpc) is 2.92. The van der Waals surface area contributed by atoms with Gasteiger partial charge in [-0.25, -0.2) is 4.79 Å². The summed E-state index contributed by atoms with van der Waals surface area (Å²) in [6.45, 7) is 4.66. The Bertz CT molecular complexity index is 1450. The molecule has 8 nitrogen and oxygen atoms in total. The molecule has 3 rings (SSSR count). The Morgan fingerprint density at radius 2 is 1.67 bits per heavy atom. The fourth-order valence-corrected chi connectivity index (χ4v) is 4.45. The number of pyridine rings is 1. The molecule has 0 amide bonds. The van der Waals surface area contributed by atoms with E-state index < -0.39 is 29.8 Å². The van der Waals surface area contributed by atoms with Crippen LogP contribution in [0.5, 0.6) is 11.5 Å². The van der Waals surface area contributed by atoms with E-state index in [4.69, 9.17) is 25.8 Å². The van der Waals surface area contributed by atoms with Crippen molar-refractivity contribution in [2.45, 2.75) is 58.8 Å². The normalized spacial score (nSPS) is 12.2. The Hall–Kier alpha value is -3.76. The fraction of sp³-hybridized carbons (Fsp3) is 0.387. The smallest absolute Gasteiger partial charge is 0.387 e. The number of alkyl halides is 2. The predicted octanol–water partition coefficient (Wildman–Crippen LogP) is 6.51. The largest absolute Gasteiger partial charge is 0.495 e. The summed E-state index contributed by atoms with van der Waals surface area (Å²) in [5.74, 6) is -0.794. The molecule has 42 heavy (non-hydrogen) atoms. The van der Waals surface area contributed by atoms with Gasteiger partial charge in [0.25, 0.3) is 5.56 Å². The number of hydrogen-bond donors (Lipinski definition) is 0. The van der Waals surface area contributed by atoms with Gasteiger partial charge in [0.15, 0.2) is 5.78 Å². The number of methoxy groups -OCH3 is 1. The lowest BCUT2D eigenvalue weighted by Crippen LogP contribution is -2.32. The van der Waals surface area contributed by atoms with E-state index in [0.29, 0.717) is 11.1 Å². The minimum atomic E-state index is -3.10. The zero-order chi connectivity index (χ0) is 31.0. The van der Waals surface area contributed by atoms with Gasteiger partial charge in [-0.3, -0.25) is 9.59 Å². The van der Waals surface area contributed by atoms with E-state index in [9.17, 15) is 23.2 Å². The summed E-state index contributed by atoms with van der Waals surface area (Å²) in [7, 11) is 1.36. The molecule has 11 heteroatoms. The quantitative estimate of drug-likeness (QED) is 0.205. The standard InChI is InChI=1S/C31H34ClF2NO7/c1-6-40-29(38)20-9-7-19(8-10-20)15-25(36)24(13-14-41-31(2,3)4)35-18-27(39-5)23(17-28(35)37)22-16-21(32)11-12-26(22)42-30(33)34/h7-12,16-18,24,30H,6,13-15H2,1-5H3. The lowest BCUT2D eigenvalue weighted by Gasteiger charge is -2.24. The van der Waals surface area contributed by atoms with Crippen LogP contribution in [-0.4, -0.2) is 48.9 Å². The zero-order valence-electron chi connectivity index (χ0n) is 24.1. The lowest BCUT2D eigenvalue weighted by molar-refractivity contribution is -0.122. The summed E-state index contributed by atoms with van der Waals surface area (Å²) in [6.07, 6.45) is 1.52. The number of rotatable bonds is 13. The van der Waals surface area contributed by atoms with Crippen molar-refractivity contribution in [2.24, 2.45) is 0 Å². The van der Waals surface area contributed by atoms with Crippen molar-refractivity contribution in [3.05, 3.63) is 81.2 Å². The van der Waals surface area contributed by atoms with Gasteiger partial charge >= 0.3 is 12.6 Å². The number of nitrogens with zero attached hydrogens (tertiary/aromatic N) is 1. The van der Waals surface area contributed by atoms with Gasteiger partial charge in [-0.15, -0.1) is 0 Å². The van der Waals surface area contributed by atoms with Gasteiger partial charge in [0.1, 0.15) is 11.5 Å². The number of benzene rings is 2. The van der Waals surface area contributed by atoms with Crippen molar-refractivity contribution in [1.29, 1.82) is 0 Å². The summed E-state index contributed by atoms with van der Waals surface area (Å²) in [4.78, 5) is 39.1. The molecule has 0 saturated heterocycles. The maximum Gasteiger partial charge on any atom is 0.387 e. The van der Waals surface area contributed by atoms with Crippen LogP contribution in [0.1, 0.15) is 56.1 Å². The molecule has 0 bridgehead atoms. The first-order chi connectivity index (χ1) is 19.8. The van der Waals surface area contributed by atoms with Crippen molar-refractivity contribution in [3.63, 3.8) is 0 Å². The maximum absolute atomic E-state index is 13.6. The summed E-state index contributed by atoms with van der Waals surface area (Å²) in [6, 6.07) is 10.8. The predicted molar refractivity (Wildman–Crippen MR) is 155 cm³/mol. The Balaban J connectivity index is 2.01. The number of ketones is 1. The molecule has 0 fully saturated rings. The molecule has 0 aliphatic carbocycles. The number of ether oxygens (including phenoxy) is 4. The van der Waals surface area contributed by atoms with E-state index in [-0.39, 0.29) is 59.5 Å². The van der Waals surface area contributed by atoms with Crippen molar-refractivity contribution >= 4 is 23.4 Å². The molecular weight excluding hydrogens is 572 g/mol. The van der Waals surface area contributed by atoms with Gasteiger partial charge in [0, 0.05) is 35.2 Å². The molecule has 0 radical (unpaired) electrons. The third-order valence-electron chi connectivity index (χ3n) is 6.19. The second-order valence-corrected chi connectivity index (χ2v) is 10.8. The van der Waals surface area contributed by atoms with E-state index in [0.717, 1.165) is 0 Å². The molecule has 2 aromatic carbocycles. The number of esters is 1. The highest BCUT2D eigenvalue weighted by molar-refractivity contribution is 6.31. The van der Waals surface area contributed by atoms with Crippen LogP contribution in [0.3, 0.4) is 0 Å². The second kappa shape index (κ2) is 14.4. The maximum atomic E-state index is 13.6. The number of aromatic nitrogens is 1. The SMILES string of the molecule is CCOC(=O)c1ccc(CC(=O)C(CCOC(C)(C)C)n2cc(OC)c(-c3cc(Cl)ccc3OC(F)F)cc2=O)cc1. The Morgan fingerprint density at radius 3 is 2.26 bits per heavy atom. The highest BCUT2D eigenvalue weighted by Gasteiger charge is 2.26. The van der Waals surface area contributed by atoms with Crippen molar-refractivity contribution in [1.82, 2.24) is 4.57 Å². The van der Waals surface area contributed by atoms with Gasteiger partial charge in [0.05, 0.1) is 37.1 Å². The van der Waals surface area contributed by atoms with E-state index in [1.165, 1.54) is 42.1 Å². The summed E-state index contributed by atoms with van der Waals surface area (Å²) >= 11 is 6.12. The van der Waals surface area contributed by atoms with Crippen LogP contribution in [-0.2, 0) is 20.7 Å². The highest BCUT2D eigenvalue weighted by atomic mass is 35.5. The van der Waals surface area contributed by atoms with E-state index in [2.05, 4.69) is 4.74 Å². The number of halogens is 3. The fourth-order valence-electron chi connectivity index (χ4n) is 4.28. The van der Waals surface area contributed by atoms with Crippen molar-refractivity contribution in [3.8, 4) is 22.6 Å². The minimum Gasteiger partial charge on any atom is -0.495 e. The summed E-state index contributed by atoms with van der Waals surface area (Å²) in [5, 5.41) is 0.235. The highest BCUT2D eigenvalue weighted by Crippen LogP contribution is 2.38. The number of carbonyl (C=O) groups is 2. The van der Waals surface area contributed by atoms with Crippen LogP contribution < -0.4 is 15.0 Å². The molecule has 1 unspecified atom stereocenters. The van der Waals surface area contributed by atoms with Crippen LogP contribution in [0.4, 0.5) is 8.78 Å². The molecule has 1 heterocycles. The lowest BCUT2D eigenvalue weighted by atomic mass is 9.99. The molecule has 226 valence electrons. The first kappa shape index (κ1) is 32.8. The second-order valence-electron chi connectivity index (χ2n) is 10.3. The van der Waals surface area contributed by atoms with Crippen LogP contribution in [0.25, 0.3) is 11.1 Å². The number of carbonyl (C=O) groups excluding carboxylic acids is 2. The van der Waals surface area contributed by atoms with Crippen LogP contribution in [0.15, 0.2) is 59.5 Å². The summed E-state index contributed by atoms with van der Waals surface area (Å²) < 4.78 is 48.5. The van der Waals surface area contributed by atoms with Crippen LogP contribution >= 0.6 is 11.6 Å². The third kappa shape index (κ3) is 8.87. The van der Waals surface area contributed by atoms with E-state index in [1.807, 2.05) is 20.8 Å².